The topological polar surface area (TPSA) is 74.8 Å². The van der Waals surface area contributed by atoms with Crippen molar-refractivity contribution in [2.45, 2.75) is 24.2 Å². The first-order valence-electron chi connectivity index (χ1n) is 8.74. The number of allylic oxidation sites excluding steroid dienone is 1. The van der Waals surface area contributed by atoms with Crippen LogP contribution >= 0.6 is 0 Å². The Hall–Kier alpha value is -2.25. The molecule has 0 aliphatic carbocycles. The van der Waals surface area contributed by atoms with E-state index >= 15 is 0 Å². The quantitative estimate of drug-likeness (QED) is 0.755. The Morgan fingerprint density at radius 3 is 2.42 bits per heavy atom. The number of carbonyl (C=O) groups excluding carboxylic acids is 2. The van der Waals surface area contributed by atoms with Crippen molar-refractivity contribution in [1.82, 2.24) is 9.21 Å². The van der Waals surface area contributed by atoms with Crippen molar-refractivity contribution in [3.8, 4) is 0 Å². The van der Waals surface area contributed by atoms with E-state index in [1.54, 1.807) is 42.5 Å². The third-order valence-corrected chi connectivity index (χ3v) is 6.62. The summed E-state index contributed by atoms with van der Waals surface area (Å²) in [6, 6.07) is 8.42. The molecule has 26 heavy (non-hydrogen) atoms. The first kappa shape index (κ1) is 18.5. The summed E-state index contributed by atoms with van der Waals surface area (Å²) >= 11 is 0. The van der Waals surface area contributed by atoms with Crippen LogP contribution in [0.4, 0.5) is 0 Å². The molecule has 0 unspecified atom stereocenters. The van der Waals surface area contributed by atoms with E-state index < -0.39 is 10.0 Å². The van der Waals surface area contributed by atoms with E-state index in [9.17, 15) is 18.0 Å². The summed E-state index contributed by atoms with van der Waals surface area (Å²) in [5, 5.41) is 0. The maximum absolute atomic E-state index is 12.6. The van der Waals surface area contributed by atoms with Gasteiger partial charge in [-0.2, -0.15) is 4.31 Å². The highest BCUT2D eigenvalue weighted by Crippen LogP contribution is 2.24. The first-order chi connectivity index (χ1) is 12.5. The number of amides is 2. The van der Waals surface area contributed by atoms with Crippen molar-refractivity contribution in [2.24, 2.45) is 5.92 Å². The lowest BCUT2D eigenvalue weighted by Crippen LogP contribution is -2.38. The second kappa shape index (κ2) is 7.97. The Bertz CT molecular complexity index is 822. The van der Waals surface area contributed by atoms with Gasteiger partial charge in [0, 0.05) is 19.6 Å². The molecule has 2 amide bonds. The normalized spacial score (nSPS) is 20.0. The predicted octanol–water partition coefficient (Wildman–Crippen LogP) is 1.96. The van der Waals surface area contributed by atoms with Gasteiger partial charge in [0.1, 0.15) is 0 Å². The van der Waals surface area contributed by atoms with Gasteiger partial charge in [0.15, 0.2) is 0 Å². The number of rotatable bonds is 4. The van der Waals surface area contributed by atoms with Gasteiger partial charge in [0.25, 0.3) is 11.8 Å². The van der Waals surface area contributed by atoms with Crippen LogP contribution in [-0.4, -0.2) is 49.1 Å². The Morgan fingerprint density at radius 1 is 1.08 bits per heavy atom. The molecule has 3 rings (SSSR count). The molecule has 0 radical (unpaired) electrons. The lowest BCUT2D eigenvalue weighted by Gasteiger charge is -2.30. The monoisotopic (exact) mass is 374 g/mol. The van der Waals surface area contributed by atoms with Gasteiger partial charge >= 0.3 is 0 Å². The fraction of sp³-hybridized carbons (Fsp3) is 0.368. The van der Waals surface area contributed by atoms with Gasteiger partial charge in [-0.3, -0.25) is 14.5 Å². The number of hydrogen-bond acceptors (Lipinski definition) is 4. The molecule has 0 bridgehead atoms. The number of piperidine rings is 1. The van der Waals surface area contributed by atoms with Crippen molar-refractivity contribution in [3.05, 3.63) is 54.6 Å². The molecule has 0 aromatic heterocycles. The van der Waals surface area contributed by atoms with E-state index in [-0.39, 0.29) is 17.7 Å². The second-order valence-electron chi connectivity index (χ2n) is 6.43. The van der Waals surface area contributed by atoms with Crippen molar-refractivity contribution in [2.75, 3.05) is 19.6 Å². The number of carbonyl (C=O) groups is 2. The van der Waals surface area contributed by atoms with Crippen LogP contribution in [0.1, 0.15) is 19.3 Å². The average Bonchev–Trinajstić information content (AvgIpc) is 2.67. The molecule has 0 atom stereocenters. The molecule has 2 heterocycles. The zero-order chi connectivity index (χ0) is 18.6. The minimum Gasteiger partial charge on any atom is -0.275 e. The van der Waals surface area contributed by atoms with Gasteiger partial charge in [-0.1, -0.05) is 30.4 Å². The Labute approximate surface area is 153 Å². The number of nitrogens with zero attached hydrogens (tertiary/aromatic N) is 2. The van der Waals surface area contributed by atoms with E-state index in [0.29, 0.717) is 43.8 Å². The van der Waals surface area contributed by atoms with Crippen molar-refractivity contribution >= 4 is 21.8 Å². The van der Waals surface area contributed by atoms with Crippen LogP contribution < -0.4 is 0 Å². The fourth-order valence-corrected chi connectivity index (χ4v) is 4.66. The van der Waals surface area contributed by atoms with Crippen LogP contribution in [0.2, 0.25) is 0 Å². The molecule has 0 saturated carbocycles. The van der Waals surface area contributed by atoms with Crippen molar-refractivity contribution in [1.29, 1.82) is 0 Å². The summed E-state index contributed by atoms with van der Waals surface area (Å²) in [5.74, 6) is -0.454. The molecule has 0 N–H and O–H groups in total. The fourth-order valence-electron chi connectivity index (χ4n) is 3.17. The molecule has 2 aliphatic heterocycles. The Balaban J connectivity index is 1.56. The molecule has 138 valence electrons. The van der Waals surface area contributed by atoms with Gasteiger partial charge in [-0.05, 0) is 49.5 Å². The third kappa shape index (κ3) is 4.11. The van der Waals surface area contributed by atoms with Gasteiger partial charge in [0.05, 0.1) is 4.90 Å². The molecule has 0 spiro atoms. The van der Waals surface area contributed by atoms with E-state index in [4.69, 9.17) is 0 Å². The zero-order valence-corrected chi connectivity index (χ0v) is 15.3. The molecule has 1 aromatic carbocycles. The first-order valence-corrected chi connectivity index (χ1v) is 10.2. The minimum atomic E-state index is -3.46. The van der Waals surface area contributed by atoms with Crippen LogP contribution in [0.15, 0.2) is 59.5 Å². The third-order valence-electron chi connectivity index (χ3n) is 4.70. The van der Waals surface area contributed by atoms with E-state index in [0.717, 1.165) is 0 Å². The summed E-state index contributed by atoms with van der Waals surface area (Å²) < 4.78 is 26.7. The lowest BCUT2D eigenvalue weighted by molar-refractivity contribution is -0.139. The van der Waals surface area contributed by atoms with Gasteiger partial charge in [-0.25, -0.2) is 8.42 Å². The maximum atomic E-state index is 12.6. The lowest BCUT2D eigenvalue weighted by atomic mass is 9.97. The molecular weight excluding hydrogens is 352 g/mol. The van der Waals surface area contributed by atoms with Crippen molar-refractivity contribution < 1.29 is 18.0 Å². The second-order valence-corrected chi connectivity index (χ2v) is 8.37. The average molecular weight is 374 g/mol. The molecule has 1 fully saturated rings. The van der Waals surface area contributed by atoms with Crippen LogP contribution in [0, 0.1) is 5.92 Å². The summed E-state index contributed by atoms with van der Waals surface area (Å²) in [4.78, 5) is 25.4. The molecule has 1 aromatic rings. The Morgan fingerprint density at radius 2 is 1.77 bits per heavy atom. The standard InChI is InChI=1S/C19H22N2O4S/c22-18-8-4-5-13-21(18)19(23)10-9-16-11-14-20(15-12-16)26(24,25)17-6-2-1-3-7-17/h1-4,6-10,16H,5,11-15H2/b10-9+. The molecule has 1 saturated heterocycles. The summed E-state index contributed by atoms with van der Waals surface area (Å²) in [6.45, 7) is 1.25. The van der Waals surface area contributed by atoms with Crippen LogP contribution in [-0.2, 0) is 19.6 Å². The number of hydrogen-bond donors (Lipinski definition) is 0. The van der Waals surface area contributed by atoms with Gasteiger partial charge < -0.3 is 0 Å². The Kier molecular flexibility index (Phi) is 5.68. The highest BCUT2D eigenvalue weighted by Gasteiger charge is 2.28. The van der Waals surface area contributed by atoms with Gasteiger partial charge in [-0.15, -0.1) is 0 Å². The van der Waals surface area contributed by atoms with Crippen LogP contribution in [0.5, 0.6) is 0 Å². The van der Waals surface area contributed by atoms with Crippen LogP contribution in [0.25, 0.3) is 0 Å². The summed E-state index contributed by atoms with van der Waals surface area (Å²) in [7, 11) is -3.46. The molecular formula is C19H22N2O4S. The van der Waals surface area contributed by atoms with E-state index in [2.05, 4.69) is 0 Å². The summed E-state index contributed by atoms with van der Waals surface area (Å²) in [6.07, 6.45) is 8.43. The van der Waals surface area contributed by atoms with Crippen LogP contribution in [0.3, 0.4) is 0 Å². The smallest absolute Gasteiger partial charge is 0.253 e. The predicted molar refractivity (Wildman–Crippen MR) is 97.5 cm³/mol. The zero-order valence-electron chi connectivity index (χ0n) is 14.5. The number of imide groups is 1. The number of benzene rings is 1. The molecule has 6 nitrogen and oxygen atoms in total. The van der Waals surface area contributed by atoms with Gasteiger partial charge in [0.2, 0.25) is 10.0 Å². The SMILES string of the molecule is O=C1C=CCCN1C(=O)/C=C/C1CCN(S(=O)(=O)c2ccccc2)CC1. The highest BCUT2D eigenvalue weighted by atomic mass is 32.2. The van der Waals surface area contributed by atoms with E-state index in [1.807, 2.05) is 0 Å². The highest BCUT2D eigenvalue weighted by molar-refractivity contribution is 7.89. The maximum Gasteiger partial charge on any atom is 0.253 e. The summed E-state index contributed by atoms with van der Waals surface area (Å²) in [5.41, 5.74) is 0. The molecule has 2 aliphatic rings. The number of sulfonamides is 1. The largest absolute Gasteiger partial charge is 0.275 e. The molecule has 7 heteroatoms. The van der Waals surface area contributed by atoms with E-state index in [1.165, 1.54) is 21.4 Å². The minimum absolute atomic E-state index is 0.136. The van der Waals surface area contributed by atoms with Crippen molar-refractivity contribution in [3.63, 3.8) is 0 Å².